The Morgan fingerprint density at radius 3 is 2.48 bits per heavy atom. The van der Waals surface area contributed by atoms with Crippen LogP contribution in [0.3, 0.4) is 0 Å². The average Bonchev–Trinajstić information content (AvgIpc) is 2.64. The quantitative estimate of drug-likeness (QED) is 0.683. The lowest BCUT2D eigenvalue weighted by atomic mass is 10.1. The van der Waals surface area contributed by atoms with Gasteiger partial charge in [0, 0.05) is 31.4 Å². The van der Waals surface area contributed by atoms with Gasteiger partial charge in [0.05, 0.1) is 0 Å². The maximum atomic E-state index is 5.91. The molecule has 0 bridgehead atoms. The molecular weight excluding hydrogens is 332 g/mol. The van der Waals surface area contributed by atoms with E-state index < -0.39 is 0 Å². The van der Waals surface area contributed by atoms with E-state index >= 15 is 0 Å². The Morgan fingerprint density at radius 2 is 1.72 bits per heavy atom. The van der Waals surface area contributed by atoms with Gasteiger partial charge in [-0.2, -0.15) is 4.98 Å². The normalized spacial score (nSPS) is 10.5. The summed E-state index contributed by atoms with van der Waals surface area (Å²) in [5, 5.41) is 4.12. The second-order valence-electron chi connectivity index (χ2n) is 5.89. The van der Waals surface area contributed by atoms with Gasteiger partial charge in [0.1, 0.15) is 5.82 Å². The van der Waals surface area contributed by atoms with Crippen molar-refractivity contribution in [2.45, 2.75) is 13.0 Å². The second-order valence-corrected chi connectivity index (χ2v) is 6.32. The summed E-state index contributed by atoms with van der Waals surface area (Å²) in [5.74, 6) is 1.54. The molecule has 3 aromatic rings. The molecular formula is C20H21ClN4. The van der Waals surface area contributed by atoms with Crippen LogP contribution in [0.15, 0.2) is 66.9 Å². The summed E-state index contributed by atoms with van der Waals surface area (Å²) in [4.78, 5) is 11.0. The molecule has 0 aliphatic carbocycles. The molecule has 3 rings (SSSR count). The largest absolute Gasteiger partial charge is 0.370 e. The molecule has 0 spiro atoms. The molecule has 0 amide bonds. The number of hydrogen-bond donors (Lipinski definition) is 1. The lowest BCUT2D eigenvalue weighted by Crippen LogP contribution is -2.19. The highest BCUT2D eigenvalue weighted by Gasteiger charge is 2.06. The van der Waals surface area contributed by atoms with E-state index in [1.807, 2.05) is 60.5 Å². The highest BCUT2D eigenvalue weighted by molar-refractivity contribution is 6.30. The van der Waals surface area contributed by atoms with E-state index in [1.165, 1.54) is 11.1 Å². The van der Waals surface area contributed by atoms with E-state index in [1.54, 1.807) is 6.20 Å². The van der Waals surface area contributed by atoms with E-state index in [4.69, 9.17) is 11.6 Å². The number of benzene rings is 2. The van der Waals surface area contributed by atoms with Crippen LogP contribution in [0.1, 0.15) is 11.1 Å². The smallest absolute Gasteiger partial charge is 0.227 e. The molecule has 1 aromatic heterocycles. The van der Waals surface area contributed by atoms with E-state index in [-0.39, 0.29) is 0 Å². The summed E-state index contributed by atoms with van der Waals surface area (Å²) < 4.78 is 0. The van der Waals surface area contributed by atoms with Crippen molar-refractivity contribution >= 4 is 23.4 Å². The molecule has 128 valence electrons. The molecule has 1 N–H and O–H groups in total. The van der Waals surface area contributed by atoms with Gasteiger partial charge in [-0.1, -0.05) is 54.1 Å². The minimum Gasteiger partial charge on any atom is -0.370 e. The second kappa shape index (κ2) is 8.49. The highest BCUT2D eigenvalue weighted by atomic mass is 35.5. The summed E-state index contributed by atoms with van der Waals surface area (Å²) in [6, 6.07) is 20.1. The third kappa shape index (κ3) is 5.19. The zero-order valence-electron chi connectivity index (χ0n) is 14.2. The third-order valence-corrected chi connectivity index (χ3v) is 4.13. The Hall–Kier alpha value is -2.59. The van der Waals surface area contributed by atoms with E-state index in [0.717, 1.165) is 30.4 Å². The van der Waals surface area contributed by atoms with Crippen molar-refractivity contribution in [1.82, 2.24) is 9.97 Å². The highest BCUT2D eigenvalue weighted by Crippen LogP contribution is 2.13. The van der Waals surface area contributed by atoms with Gasteiger partial charge in [-0.25, -0.2) is 4.98 Å². The molecule has 2 aromatic carbocycles. The van der Waals surface area contributed by atoms with E-state index in [9.17, 15) is 0 Å². The zero-order valence-corrected chi connectivity index (χ0v) is 14.9. The predicted molar refractivity (Wildman–Crippen MR) is 104 cm³/mol. The minimum atomic E-state index is 0.709. The first-order valence-corrected chi connectivity index (χ1v) is 8.65. The number of hydrogen-bond acceptors (Lipinski definition) is 4. The fourth-order valence-corrected chi connectivity index (χ4v) is 2.67. The van der Waals surface area contributed by atoms with Gasteiger partial charge < -0.3 is 10.2 Å². The van der Waals surface area contributed by atoms with Crippen molar-refractivity contribution in [3.63, 3.8) is 0 Å². The number of halogens is 1. The van der Waals surface area contributed by atoms with Gasteiger partial charge in [0.15, 0.2) is 0 Å². The zero-order chi connectivity index (χ0) is 17.5. The first-order valence-electron chi connectivity index (χ1n) is 8.27. The fourth-order valence-electron chi connectivity index (χ4n) is 2.54. The summed E-state index contributed by atoms with van der Waals surface area (Å²) >= 11 is 5.91. The summed E-state index contributed by atoms with van der Waals surface area (Å²) in [7, 11) is 2.00. The first kappa shape index (κ1) is 17.2. The molecule has 0 fully saturated rings. The molecule has 4 nitrogen and oxygen atoms in total. The van der Waals surface area contributed by atoms with Crippen molar-refractivity contribution in [1.29, 1.82) is 0 Å². The number of aromatic nitrogens is 2. The molecule has 0 atom stereocenters. The van der Waals surface area contributed by atoms with Crippen LogP contribution in [0.5, 0.6) is 0 Å². The summed E-state index contributed by atoms with van der Waals surface area (Å²) in [6.07, 6.45) is 2.70. The van der Waals surface area contributed by atoms with Crippen LogP contribution in [0, 0.1) is 0 Å². The van der Waals surface area contributed by atoms with Crippen molar-refractivity contribution < 1.29 is 0 Å². The van der Waals surface area contributed by atoms with Crippen LogP contribution in [0.25, 0.3) is 0 Å². The monoisotopic (exact) mass is 352 g/mol. The van der Waals surface area contributed by atoms with Crippen LogP contribution in [0.4, 0.5) is 11.8 Å². The molecule has 0 saturated heterocycles. The van der Waals surface area contributed by atoms with Gasteiger partial charge in [0.25, 0.3) is 0 Å². The molecule has 0 aliphatic heterocycles. The van der Waals surface area contributed by atoms with Crippen LogP contribution >= 0.6 is 11.6 Å². The number of anilines is 2. The SMILES string of the molecule is CN(Cc1ccccc1)c1nccc(NCCc2ccc(Cl)cc2)n1. The maximum Gasteiger partial charge on any atom is 0.227 e. The Kier molecular flexibility index (Phi) is 5.86. The Bertz CT molecular complexity index is 790. The van der Waals surface area contributed by atoms with Crippen LogP contribution in [-0.2, 0) is 13.0 Å². The molecule has 1 heterocycles. The van der Waals surface area contributed by atoms with Crippen molar-refractivity contribution in [2.75, 3.05) is 23.8 Å². The van der Waals surface area contributed by atoms with Crippen molar-refractivity contribution in [3.05, 3.63) is 83.0 Å². The standard InChI is InChI=1S/C20H21ClN4/c1-25(15-17-5-3-2-4-6-17)20-23-14-12-19(24-20)22-13-11-16-7-9-18(21)10-8-16/h2-10,12,14H,11,13,15H2,1H3,(H,22,23,24). The predicted octanol–water partition coefficient (Wildman–Crippen LogP) is 4.42. The van der Waals surface area contributed by atoms with Crippen LogP contribution < -0.4 is 10.2 Å². The first-order chi connectivity index (χ1) is 12.2. The Balaban J connectivity index is 1.56. The average molecular weight is 353 g/mol. The molecule has 0 saturated carbocycles. The minimum absolute atomic E-state index is 0.709. The van der Waals surface area contributed by atoms with Gasteiger partial charge in [-0.05, 0) is 35.7 Å². The molecule has 0 radical (unpaired) electrons. The van der Waals surface area contributed by atoms with Gasteiger partial charge in [-0.15, -0.1) is 0 Å². The number of nitrogens with one attached hydrogen (secondary N) is 1. The lowest BCUT2D eigenvalue weighted by molar-refractivity contribution is 0.864. The summed E-state index contributed by atoms with van der Waals surface area (Å²) in [5.41, 5.74) is 2.47. The molecule has 25 heavy (non-hydrogen) atoms. The van der Waals surface area contributed by atoms with Gasteiger partial charge in [0.2, 0.25) is 5.95 Å². The van der Waals surface area contributed by atoms with Gasteiger partial charge >= 0.3 is 0 Å². The summed E-state index contributed by atoms with van der Waals surface area (Å²) in [6.45, 7) is 1.58. The fraction of sp³-hybridized carbons (Fsp3) is 0.200. The Morgan fingerprint density at radius 1 is 0.960 bits per heavy atom. The Labute approximate surface area is 153 Å². The van der Waals surface area contributed by atoms with E-state index in [2.05, 4.69) is 27.4 Å². The molecule has 0 aliphatic rings. The maximum absolute atomic E-state index is 5.91. The van der Waals surface area contributed by atoms with Crippen molar-refractivity contribution in [3.8, 4) is 0 Å². The van der Waals surface area contributed by atoms with Crippen LogP contribution in [-0.4, -0.2) is 23.6 Å². The third-order valence-electron chi connectivity index (χ3n) is 3.88. The van der Waals surface area contributed by atoms with E-state index in [0.29, 0.717) is 5.95 Å². The number of rotatable bonds is 7. The lowest BCUT2D eigenvalue weighted by Gasteiger charge is -2.17. The number of nitrogens with zero attached hydrogens (tertiary/aromatic N) is 3. The van der Waals surface area contributed by atoms with Crippen LogP contribution in [0.2, 0.25) is 5.02 Å². The molecule has 5 heteroatoms. The molecule has 0 unspecified atom stereocenters. The van der Waals surface area contributed by atoms with Gasteiger partial charge in [-0.3, -0.25) is 0 Å². The topological polar surface area (TPSA) is 41.1 Å². The van der Waals surface area contributed by atoms with Crippen molar-refractivity contribution in [2.24, 2.45) is 0 Å².